The van der Waals surface area contributed by atoms with Gasteiger partial charge in [0.25, 0.3) is 5.91 Å². The fraction of sp³-hybridized carbons (Fsp3) is 0.750. The quantitative estimate of drug-likeness (QED) is 0.776. The number of likely N-dealkylation sites (tertiary alicyclic amines) is 1. The van der Waals surface area contributed by atoms with Crippen LogP contribution in [0.1, 0.15) is 17.4 Å². The molecule has 1 aliphatic rings. The van der Waals surface area contributed by atoms with Crippen LogP contribution in [0.2, 0.25) is 0 Å². The monoisotopic (exact) mass is 266 g/mol. The highest BCUT2D eigenvalue weighted by Crippen LogP contribution is 2.21. The highest BCUT2D eigenvalue weighted by atomic mass is 16.2. The maximum Gasteiger partial charge on any atom is 0.276 e. The van der Waals surface area contributed by atoms with Gasteiger partial charge in [-0.1, -0.05) is 12.1 Å². The summed E-state index contributed by atoms with van der Waals surface area (Å²) in [5, 5.41) is 7.83. The number of rotatable bonds is 4. The van der Waals surface area contributed by atoms with E-state index in [2.05, 4.69) is 22.1 Å². The van der Waals surface area contributed by atoms with Crippen molar-refractivity contribution in [1.29, 1.82) is 0 Å². The molecule has 2 atom stereocenters. The van der Waals surface area contributed by atoms with Crippen LogP contribution in [0, 0.1) is 5.92 Å². The van der Waals surface area contributed by atoms with Gasteiger partial charge in [-0.15, -0.1) is 5.10 Å². The molecular formula is C12H22N6O. The summed E-state index contributed by atoms with van der Waals surface area (Å²) in [7, 11) is 4.10. The van der Waals surface area contributed by atoms with Crippen molar-refractivity contribution in [3.05, 3.63) is 11.9 Å². The standard InChI is InChI=1S/C12H22N6O/c1-9-6-17(8-11(9)16(2)3)12(19)10-7-18(5-4-13)15-14-10/h7,9,11H,4-6,8,13H2,1-3H3. The molecule has 1 saturated heterocycles. The number of nitrogens with zero attached hydrogens (tertiary/aromatic N) is 5. The highest BCUT2D eigenvalue weighted by molar-refractivity contribution is 5.92. The van der Waals surface area contributed by atoms with Crippen LogP contribution in [-0.4, -0.2) is 70.5 Å². The van der Waals surface area contributed by atoms with Crippen LogP contribution in [0.5, 0.6) is 0 Å². The molecule has 2 rings (SSSR count). The SMILES string of the molecule is CC1CN(C(=O)c2cn(CCN)nn2)CC1N(C)C. The van der Waals surface area contributed by atoms with Crippen molar-refractivity contribution in [3.8, 4) is 0 Å². The van der Waals surface area contributed by atoms with E-state index in [4.69, 9.17) is 5.73 Å². The number of carbonyl (C=O) groups is 1. The number of likely N-dealkylation sites (N-methyl/N-ethyl adjacent to an activating group) is 1. The lowest BCUT2D eigenvalue weighted by Crippen LogP contribution is -2.35. The summed E-state index contributed by atoms with van der Waals surface area (Å²) in [6, 6.07) is 0.406. The van der Waals surface area contributed by atoms with Crippen molar-refractivity contribution < 1.29 is 4.79 Å². The number of hydrogen-bond acceptors (Lipinski definition) is 5. The van der Waals surface area contributed by atoms with Gasteiger partial charge in [-0.05, 0) is 20.0 Å². The van der Waals surface area contributed by atoms with Crippen molar-refractivity contribution in [1.82, 2.24) is 24.8 Å². The molecule has 19 heavy (non-hydrogen) atoms. The van der Waals surface area contributed by atoms with E-state index in [0.29, 0.717) is 30.7 Å². The van der Waals surface area contributed by atoms with Crippen molar-refractivity contribution in [3.63, 3.8) is 0 Å². The lowest BCUT2D eigenvalue weighted by atomic mass is 10.1. The van der Waals surface area contributed by atoms with Crippen LogP contribution in [-0.2, 0) is 6.54 Å². The van der Waals surface area contributed by atoms with Gasteiger partial charge >= 0.3 is 0 Å². The Balaban J connectivity index is 2.04. The minimum Gasteiger partial charge on any atom is -0.335 e. The first-order chi connectivity index (χ1) is 9.02. The molecule has 2 unspecified atom stereocenters. The molecule has 2 N–H and O–H groups in total. The normalized spacial score (nSPS) is 23.3. The molecule has 2 heterocycles. The van der Waals surface area contributed by atoms with Gasteiger partial charge in [0.1, 0.15) is 0 Å². The molecule has 1 aromatic heterocycles. The number of aromatic nitrogens is 3. The summed E-state index contributed by atoms with van der Waals surface area (Å²) in [6.45, 7) is 4.75. The second-order valence-electron chi connectivity index (χ2n) is 5.37. The Morgan fingerprint density at radius 3 is 2.84 bits per heavy atom. The lowest BCUT2D eigenvalue weighted by molar-refractivity contribution is 0.0775. The average molecular weight is 266 g/mol. The van der Waals surface area contributed by atoms with Crippen molar-refractivity contribution in [2.45, 2.75) is 19.5 Å². The summed E-state index contributed by atoms with van der Waals surface area (Å²) < 4.78 is 1.61. The Hall–Kier alpha value is -1.47. The summed E-state index contributed by atoms with van der Waals surface area (Å²) in [5.41, 5.74) is 5.85. The van der Waals surface area contributed by atoms with Gasteiger partial charge in [0.2, 0.25) is 0 Å². The van der Waals surface area contributed by atoms with Crippen LogP contribution in [0.3, 0.4) is 0 Å². The second kappa shape index (κ2) is 5.66. The minimum atomic E-state index is -0.0422. The van der Waals surface area contributed by atoms with E-state index in [1.807, 2.05) is 19.0 Å². The molecule has 0 radical (unpaired) electrons. The molecule has 0 aliphatic carbocycles. The maximum atomic E-state index is 12.3. The Morgan fingerprint density at radius 2 is 2.26 bits per heavy atom. The summed E-state index contributed by atoms with van der Waals surface area (Å²) >= 11 is 0. The fourth-order valence-corrected chi connectivity index (χ4v) is 2.59. The molecular weight excluding hydrogens is 244 g/mol. The first kappa shape index (κ1) is 14.0. The Bertz CT molecular complexity index is 443. The van der Waals surface area contributed by atoms with Crippen LogP contribution in [0.25, 0.3) is 0 Å². The molecule has 0 bridgehead atoms. The van der Waals surface area contributed by atoms with Gasteiger partial charge in [-0.25, -0.2) is 0 Å². The van der Waals surface area contributed by atoms with Gasteiger partial charge in [-0.3, -0.25) is 9.48 Å². The summed E-state index contributed by atoms with van der Waals surface area (Å²) in [5.74, 6) is 0.428. The van der Waals surface area contributed by atoms with E-state index in [1.165, 1.54) is 0 Å². The third-order valence-corrected chi connectivity index (χ3v) is 3.64. The molecule has 1 aromatic rings. The maximum absolute atomic E-state index is 12.3. The number of amides is 1. The van der Waals surface area contributed by atoms with E-state index >= 15 is 0 Å². The van der Waals surface area contributed by atoms with Crippen molar-refractivity contribution >= 4 is 5.91 Å². The third-order valence-electron chi connectivity index (χ3n) is 3.64. The molecule has 106 valence electrons. The molecule has 0 spiro atoms. The zero-order valence-electron chi connectivity index (χ0n) is 11.8. The predicted octanol–water partition coefficient (Wildman–Crippen LogP) is -0.741. The zero-order chi connectivity index (χ0) is 14.0. The Labute approximate surface area is 113 Å². The van der Waals surface area contributed by atoms with E-state index in [-0.39, 0.29) is 5.91 Å². The minimum absolute atomic E-state index is 0.0422. The number of carbonyl (C=O) groups excluding carboxylic acids is 1. The smallest absolute Gasteiger partial charge is 0.276 e. The van der Waals surface area contributed by atoms with Crippen LogP contribution in [0.4, 0.5) is 0 Å². The topological polar surface area (TPSA) is 80.3 Å². The fourth-order valence-electron chi connectivity index (χ4n) is 2.59. The molecule has 1 aliphatic heterocycles. The van der Waals surface area contributed by atoms with E-state index in [1.54, 1.807) is 10.9 Å². The average Bonchev–Trinajstić information content (AvgIpc) is 2.95. The van der Waals surface area contributed by atoms with Crippen LogP contribution < -0.4 is 5.73 Å². The predicted molar refractivity (Wildman–Crippen MR) is 71.6 cm³/mol. The van der Waals surface area contributed by atoms with E-state index < -0.39 is 0 Å². The molecule has 1 fully saturated rings. The van der Waals surface area contributed by atoms with Crippen molar-refractivity contribution in [2.75, 3.05) is 33.7 Å². The molecule has 0 saturated carbocycles. The van der Waals surface area contributed by atoms with E-state index in [0.717, 1.165) is 13.1 Å². The highest BCUT2D eigenvalue weighted by Gasteiger charge is 2.34. The Kier molecular flexibility index (Phi) is 4.16. The number of nitrogens with two attached hydrogens (primary N) is 1. The largest absolute Gasteiger partial charge is 0.335 e. The zero-order valence-corrected chi connectivity index (χ0v) is 11.8. The lowest BCUT2D eigenvalue weighted by Gasteiger charge is -2.22. The Morgan fingerprint density at radius 1 is 1.53 bits per heavy atom. The summed E-state index contributed by atoms with van der Waals surface area (Å²) in [4.78, 5) is 16.4. The van der Waals surface area contributed by atoms with Crippen LogP contribution >= 0.6 is 0 Å². The summed E-state index contributed by atoms with van der Waals surface area (Å²) in [6.07, 6.45) is 1.67. The van der Waals surface area contributed by atoms with Crippen LogP contribution in [0.15, 0.2) is 6.20 Å². The second-order valence-corrected chi connectivity index (χ2v) is 5.37. The van der Waals surface area contributed by atoms with Gasteiger partial charge in [-0.2, -0.15) is 0 Å². The van der Waals surface area contributed by atoms with Gasteiger partial charge in [0, 0.05) is 25.7 Å². The van der Waals surface area contributed by atoms with E-state index in [9.17, 15) is 4.79 Å². The number of hydrogen-bond donors (Lipinski definition) is 1. The van der Waals surface area contributed by atoms with Gasteiger partial charge in [0.05, 0.1) is 12.7 Å². The van der Waals surface area contributed by atoms with Gasteiger partial charge in [0.15, 0.2) is 5.69 Å². The van der Waals surface area contributed by atoms with Gasteiger partial charge < -0.3 is 15.5 Å². The third kappa shape index (κ3) is 2.93. The first-order valence-electron chi connectivity index (χ1n) is 6.58. The molecule has 7 heteroatoms. The molecule has 7 nitrogen and oxygen atoms in total. The molecule has 0 aromatic carbocycles. The van der Waals surface area contributed by atoms with Crippen molar-refractivity contribution in [2.24, 2.45) is 11.7 Å². The first-order valence-corrected chi connectivity index (χ1v) is 6.58. The molecule has 1 amide bonds.